The highest BCUT2D eigenvalue weighted by atomic mass is 32.1. The van der Waals surface area contributed by atoms with E-state index in [1.165, 1.54) is 0 Å². The van der Waals surface area contributed by atoms with E-state index in [0.717, 1.165) is 11.3 Å². The Morgan fingerprint density at radius 1 is 1.33 bits per heavy atom. The molecule has 0 fully saturated rings. The molecule has 0 aliphatic heterocycles. The molecule has 0 aliphatic carbocycles. The molecule has 0 aliphatic rings. The van der Waals surface area contributed by atoms with Crippen molar-refractivity contribution in [2.45, 2.75) is 19.1 Å². The number of thiophene rings is 1. The molecule has 0 amide bonds. The van der Waals surface area contributed by atoms with Crippen LogP contribution in [0.3, 0.4) is 0 Å². The molecular formula is C17H14F3N3O3S. The first-order chi connectivity index (χ1) is 12.7. The lowest BCUT2D eigenvalue weighted by Gasteiger charge is -2.11. The summed E-state index contributed by atoms with van der Waals surface area (Å²) in [6, 6.07) is 6.65. The predicted molar refractivity (Wildman–Crippen MR) is 95.7 cm³/mol. The molecule has 1 atom stereocenters. The fourth-order valence-electron chi connectivity index (χ4n) is 2.51. The maximum absolute atomic E-state index is 12.4. The molecule has 3 aromatic rings. The zero-order chi connectivity index (χ0) is 19.8. The number of rotatable bonds is 4. The van der Waals surface area contributed by atoms with Gasteiger partial charge in [0, 0.05) is 34.3 Å². The summed E-state index contributed by atoms with van der Waals surface area (Å²) in [4.78, 5) is 27.4. The van der Waals surface area contributed by atoms with Gasteiger partial charge in [-0.2, -0.15) is 13.2 Å². The van der Waals surface area contributed by atoms with Gasteiger partial charge in [0.25, 0.3) is 0 Å². The van der Waals surface area contributed by atoms with Crippen LogP contribution in [0.4, 0.5) is 18.9 Å². The minimum Gasteiger partial charge on any atom is -0.382 e. The van der Waals surface area contributed by atoms with Gasteiger partial charge in [0.05, 0.1) is 11.2 Å². The number of pyridine rings is 1. The summed E-state index contributed by atoms with van der Waals surface area (Å²) < 4.78 is 41.9. The second-order valence-electron chi connectivity index (χ2n) is 5.85. The molecule has 0 unspecified atom stereocenters. The molecule has 0 saturated carbocycles. The van der Waals surface area contributed by atoms with Crippen LogP contribution in [-0.2, 0) is 9.53 Å². The number of halogens is 3. The lowest BCUT2D eigenvalue weighted by atomic mass is 10.1. The van der Waals surface area contributed by atoms with Crippen molar-refractivity contribution in [3.8, 4) is 0 Å². The van der Waals surface area contributed by atoms with Gasteiger partial charge < -0.3 is 15.8 Å². The second-order valence-corrected chi connectivity index (χ2v) is 6.90. The Balaban J connectivity index is 2.13. The SMILES string of the molecule is C[C@@H](N)CNc1c(C(=O)OC(=O)C(F)(F)F)sc2ccc3ncccc3c12. The number of anilines is 1. The van der Waals surface area contributed by atoms with Gasteiger partial charge in [-0.3, -0.25) is 4.98 Å². The van der Waals surface area contributed by atoms with Crippen LogP contribution in [0.5, 0.6) is 0 Å². The molecule has 0 spiro atoms. The molecule has 10 heteroatoms. The van der Waals surface area contributed by atoms with E-state index < -0.39 is 18.1 Å². The molecular weight excluding hydrogens is 383 g/mol. The number of carbonyl (C=O) groups is 2. The molecule has 27 heavy (non-hydrogen) atoms. The highest BCUT2D eigenvalue weighted by molar-refractivity contribution is 7.21. The molecule has 1 aromatic carbocycles. The van der Waals surface area contributed by atoms with E-state index in [0.29, 0.717) is 21.0 Å². The van der Waals surface area contributed by atoms with E-state index in [1.54, 1.807) is 37.4 Å². The smallest absolute Gasteiger partial charge is 0.382 e. The first-order valence-corrected chi connectivity index (χ1v) is 8.63. The number of nitrogens with one attached hydrogen (secondary N) is 1. The number of benzene rings is 1. The summed E-state index contributed by atoms with van der Waals surface area (Å²) in [5.41, 5.74) is 6.66. The maximum atomic E-state index is 12.4. The predicted octanol–water partition coefficient (Wildman–Crippen LogP) is 3.45. The Hall–Kier alpha value is -2.72. The quantitative estimate of drug-likeness (QED) is 0.517. The Morgan fingerprint density at radius 2 is 2.07 bits per heavy atom. The van der Waals surface area contributed by atoms with Gasteiger partial charge in [0.15, 0.2) is 0 Å². The number of nitrogens with two attached hydrogens (primary N) is 1. The van der Waals surface area contributed by atoms with Crippen LogP contribution in [0.25, 0.3) is 21.0 Å². The third-order valence-corrected chi connectivity index (χ3v) is 4.77. The maximum Gasteiger partial charge on any atom is 0.491 e. The number of hydrogen-bond donors (Lipinski definition) is 2. The van der Waals surface area contributed by atoms with E-state index in [2.05, 4.69) is 15.0 Å². The summed E-state index contributed by atoms with van der Waals surface area (Å²) in [5.74, 6) is -3.93. The van der Waals surface area contributed by atoms with Crippen LogP contribution >= 0.6 is 11.3 Å². The molecule has 2 heterocycles. The van der Waals surface area contributed by atoms with Gasteiger partial charge in [-0.1, -0.05) is 6.07 Å². The highest BCUT2D eigenvalue weighted by Gasteiger charge is 2.43. The molecule has 2 aromatic heterocycles. The lowest BCUT2D eigenvalue weighted by molar-refractivity contribution is -0.193. The minimum atomic E-state index is -5.26. The van der Waals surface area contributed by atoms with E-state index in [-0.39, 0.29) is 23.2 Å². The monoisotopic (exact) mass is 397 g/mol. The summed E-state index contributed by atoms with van der Waals surface area (Å²) in [6.45, 7) is 1.99. The van der Waals surface area contributed by atoms with Crippen molar-refractivity contribution >= 4 is 50.0 Å². The number of carbonyl (C=O) groups excluding carboxylic acids is 2. The summed E-state index contributed by atoms with van der Waals surface area (Å²) in [7, 11) is 0. The van der Waals surface area contributed by atoms with Crippen LogP contribution < -0.4 is 11.1 Å². The van der Waals surface area contributed by atoms with E-state index in [1.807, 2.05) is 0 Å². The largest absolute Gasteiger partial charge is 0.491 e. The standard InChI is InChI=1S/C17H14F3N3O3S/c1-8(21)7-23-13-12-9-3-2-6-22-10(9)4-5-11(12)27-14(13)15(24)26-16(25)17(18,19)20/h2-6,8,23H,7,21H2,1H3/t8-/m1/s1. The number of ether oxygens (including phenoxy) is 1. The zero-order valence-electron chi connectivity index (χ0n) is 14.0. The van der Waals surface area contributed by atoms with Gasteiger partial charge in [-0.05, 0) is 25.1 Å². The Bertz CT molecular complexity index is 1030. The van der Waals surface area contributed by atoms with Gasteiger partial charge in [-0.25, -0.2) is 9.59 Å². The number of esters is 2. The van der Waals surface area contributed by atoms with Crippen LogP contribution in [0.1, 0.15) is 16.6 Å². The molecule has 0 bridgehead atoms. The number of alkyl halides is 3. The van der Waals surface area contributed by atoms with Crippen LogP contribution in [0.2, 0.25) is 0 Å². The average molecular weight is 397 g/mol. The molecule has 0 radical (unpaired) electrons. The van der Waals surface area contributed by atoms with Crippen molar-refractivity contribution in [3.63, 3.8) is 0 Å². The third kappa shape index (κ3) is 3.86. The summed E-state index contributed by atoms with van der Waals surface area (Å²) in [6.07, 6.45) is -3.66. The fourth-order valence-corrected chi connectivity index (χ4v) is 3.59. The van der Waals surface area contributed by atoms with E-state index >= 15 is 0 Å². The van der Waals surface area contributed by atoms with Crippen LogP contribution in [-0.4, -0.2) is 35.7 Å². The number of aromatic nitrogens is 1. The molecule has 0 saturated heterocycles. The molecule has 6 nitrogen and oxygen atoms in total. The molecule has 3 N–H and O–H groups in total. The van der Waals surface area contributed by atoms with Crippen molar-refractivity contribution in [3.05, 3.63) is 35.3 Å². The first kappa shape index (κ1) is 19.1. The fraction of sp³-hybridized carbons (Fsp3) is 0.235. The van der Waals surface area contributed by atoms with Crippen molar-refractivity contribution in [2.24, 2.45) is 5.73 Å². The molecule has 3 rings (SSSR count). The van der Waals surface area contributed by atoms with Gasteiger partial charge >= 0.3 is 18.1 Å². The third-order valence-electron chi connectivity index (χ3n) is 3.64. The van der Waals surface area contributed by atoms with E-state index in [9.17, 15) is 22.8 Å². The summed E-state index contributed by atoms with van der Waals surface area (Å²) >= 11 is 0.926. The topological polar surface area (TPSA) is 94.3 Å². The minimum absolute atomic E-state index is 0.139. The Labute approximate surface area is 155 Å². The number of fused-ring (bicyclic) bond motifs is 3. The van der Waals surface area contributed by atoms with Crippen LogP contribution in [0, 0.1) is 0 Å². The van der Waals surface area contributed by atoms with Crippen molar-refractivity contribution < 1.29 is 27.5 Å². The Morgan fingerprint density at radius 3 is 2.74 bits per heavy atom. The van der Waals surface area contributed by atoms with Gasteiger partial charge in [0.2, 0.25) is 0 Å². The van der Waals surface area contributed by atoms with Crippen LogP contribution in [0.15, 0.2) is 30.5 Å². The van der Waals surface area contributed by atoms with Crippen molar-refractivity contribution in [2.75, 3.05) is 11.9 Å². The van der Waals surface area contributed by atoms with Gasteiger partial charge in [0.1, 0.15) is 4.88 Å². The van der Waals surface area contributed by atoms with E-state index in [4.69, 9.17) is 5.73 Å². The normalized spacial score (nSPS) is 12.9. The number of nitrogens with zero attached hydrogens (tertiary/aromatic N) is 1. The first-order valence-electron chi connectivity index (χ1n) is 7.81. The van der Waals surface area contributed by atoms with Gasteiger partial charge in [-0.15, -0.1) is 11.3 Å². The molecule has 142 valence electrons. The zero-order valence-corrected chi connectivity index (χ0v) is 14.8. The average Bonchev–Trinajstić information content (AvgIpc) is 2.98. The lowest BCUT2D eigenvalue weighted by Crippen LogP contribution is -2.28. The summed E-state index contributed by atoms with van der Waals surface area (Å²) in [5, 5.41) is 4.30. The second kappa shape index (κ2) is 7.12. The van der Waals surface area contributed by atoms with Crippen molar-refractivity contribution in [1.82, 2.24) is 4.98 Å². The highest BCUT2D eigenvalue weighted by Crippen LogP contribution is 2.40. The Kier molecular flexibility index (Phi) is 5.03. The number of hydrogen-bond acceptors (Lipinski definition) is 7. The van der Waals surface area contributed by atoms with Crippen molar-refractivity contribution in [1.29, 1.82) is 0 Å².